The molecule has 21 heavy (non-hydrogen) atoms. The standard InChI is InChI=1S/C16H14N2O2S/c1-10(14-7-4-8-21-14)18-16(20)12-9-17-13-6-3-2-5-11(13)15(12)19/h2-10H,1H3,(H,17,19)(H,18,20)/t10-/m1/s1. The van der Waals surface area contributed by atoms with E-state index in [-0.39, 0.29) is 22.9 Å². The van der Waals surface area contributed by atoms with E-state index in [4.69, 9.17) is 0 Å². The zero-order valence-corrected chi connectivity index (χ0v) is 12.2. The lowest BCUT2D eigenvalue weighted by molar-refractivity contribution is 0.0939. The van der Waals surface area contributed by atoms with Crippen LogP contribution in [0.25, 0.3) is 10.9 Å². The van der Waals surface area contributed by atoms with Crippen LogP contribution in [0.3, 0.4) is 0 Å². The maximum absolute atomic E-state index is 12.4. The Morgan fingerprint density at radius 1 is 1.24 bits per heavy atom. The average molecular weight is 298 g/mol. The van der Waals surface area contributed by atoms with Gasteiger partial charge < -0.3 is 10.3 Å². The molecule has 3 aromatic rings. The molecular formula is C16H14N2O2S. The zero-order chi connectivity index (χ0) is 14.8. The van der Waals surface area contributed by atoms with E-state index in [1.165, 1.54) is 6.20 Å². The third-order valence-electron chi connectivity index (χ3n) is 3.35. The van der Waals surface area contributed by atoms with Crippen LogP contribution in [-0.2, 0) is 0 Å². The molecule has 0 radical (unpaired) electrons. The first-order chi connectivity index (χ1) is 10.2. The van der Waals surface area contributed by atoms with Crippen LogP contribution >= 0.6 is 11.3 Å². The summed E-state index contributed by atoms with van der Waals surface area (Å²) < 4.78 is 0. The lowest BCUT2D eigenvalue weighted by Crippen LogP contribution is -2.30. The molecule has 3 rings (SSSR count). The molecule has 1 amide bonds. The minimum Gasteiger partial charge on any atom is -0.360 e. The van der Waals surface area contributed by atoms with E-state index in [0.29, 0.717) is 5.39 Å². The number of carbonyl (C=O) groups is 1. The number of aromatic amines is 1. The van der Waals surface area contributed by atoms with E-state index in [1.807, 2.05) is 36.6 Å². The summed E-state index contributed by atoms with van der Waals surface area (Å²) in [4.78, 5) is 28.7. The molecule has 106 valence electrons. The van der Waals surface area contributed by atoms with Crippen molar-refractivity contribution in [3.63, 3.8) is 0 Å². The minimum absolute atomic E-state index is 0.122. The Labute approximate surface area is 125 Å². The Bertz CT molecular complexity index is 837. The van der Waals surface area contributed by atoms with Crippen LogP contribution < -0.4 is 10.7 Å². The van der Waals surface area contributed by atoms with Gasteiger partial charge in [0.2, 0.25) is 5.43 Å². The number of rotatable bonds is 3. The van der Waals surface area contributed by atoms with E-state index in [9.17, 15) is 9.59 Å². The number of benzene rings is 1. The quantitative estimate of drug-likeness (QED) is 0.780. The van der Waals surface area contributed by atoms with Gasteiger partial charge in [-0.1, -0.05) is 18.2 Å². The molecule has 0 saturated carbocycles. The summed E-state index contributed by atoms with van der Waals surface area (Å²) in [5.74, 6) is -0.358. The largest absolute Gasteiger partial charge is 0.360 e. The number of para-hydroxylation sites is 1. The number of hydrogen-bond acceptors (Lipinski definition) is 3. The molecule has 0 aliphatic rings. The fraction of sp³-hybridized carbons (Fsp3) is 0.125. The zero-order valence-electron chi connectivity index (χ0n) is 11.4. The van der Waals surface area contributed by atoms with Gasteiger partial charge >= 0.3 is 0 Å². The molecule has 2 N–H and O–H groups in total. The fourth-order valence-electron chi connectivity index (χ4n) is 2.22. The highest BCUT2D eigenvalue weighted by Crippen LogP contribution is 2.18. The first-order valence-electron chi connectivity index (χ1n) is 6.61. The Balaban J connectivity index is 1.92. The van der Waals surface area contributed by atoms with Crippen molar-refractivity contribution in [2.75, 3.05) is 0 Å². The highest BCUT2D eigenvalue weighted by molar-refractivity contribution is 7.10. The average Bonchev–Trinajstić information content (AvgIpc) is 3.02. The number of nitrogens with one attached hydrogen (secondary N) is 2. The van der Waals surface area contributed by atoms with Crippen molar-refractivity contribution >= 4 is 28.1 Å². The molecule has 0 fully saturated rings. The fourth-order valence-corrected chi connectivity index (χ4v) is 2.95. The lowest BCUT2D eigenvalue weighted by Gasteiger charge is -2.12. The summed E-state index contributed by atoms with van der Waals surface area (Å²) in [5.41, 5.74) is 0.614. The van der Waals surface area contributed by atoms with Crippen molar-refractivity contribution in [3.05, 3.63) is 68.6 Å². The Morgan fingerprint density at radius 2 is 2.05 bits per heavy atom. The number of carbonyl (C=O) groups excluding carboxylic acids is 1. The molecule has 2 heterocycles. The summed E-state index contributed by atoms with van der Waals surface area (Å²) in [6.45, 7) is 1.90. The van der Waals surface area contributed by atoms with Gasteiger partial charge in [-0.3, -0.25) is 9.59 Å². The van der Waals surface area contributed by atoms with Crippen molar-refractivity contribution in [1.29, 1.82) is 0 Å². The molecule has 0 aliphatic heterocycles. The smallest absolute Gasteiger partial charge is 0.257 e. The van der Waals surface area contributed by atoms with Crippen molar-refractivity contribution in [2.45, 2.75) is 13.0 Å². The number of H-pyrrole nitrogens is 1. The second kappa shape index (κ2) is 5.54. The summed E-state index contributed by atoms with van der Waals surface area (Å²) in [6, 6.07) is 10.9. The summed E-state index contributed by atoms with van der Waals surface area (Å²) in [7, 11) is 0. The number of thiophene rings is 1. The first kappa shape index (κ1) is 13.6. The molecule has 0 saturated heterocycles. The SMILES string of the molecule is C[C@@H](NC(=O)c1c[nH]c2ccccc2c1=O)c1cccs1. The van der Waals surface area contributed by atoms with E-state index < -0.39 is 0 Å². The monoisotopic (exact) mass is 298 g/mol. The predicted molar refractivity (Wildman–Crippen MR) is 84.8 cm³/mol. The first-order valence-corrected chi connectivity index (χ1v) is 7.49. The number of hydrogen-bond donors (Lipinski definition) is 2. The van der Waals surface area contributed by atoms with Crippen molar-refractivity contribution in [3.8, 4) is 0 Å². The summed E-state index contributed by atoms with van der Waals surface area (Å²) >= 11 is 1.57. The van der Waals surface area contributed by atoms with Crippen LogP contribution in [0.1, 0.15) is 28.2 Å². The molecular weight excluding hydrogens is 284 g/mol. The number of pyridine rings is 1. The van der Waals surface area contributed by atoms with E-state index in [1.54, 1.807) is 23.5 Å². The minimum atomic E-state index is -0.358. The maximum atomic E-state index is 12.4. The van der Waals surface area contributed by atoms with Crippen LogP contribution in [-0.4, -0.2) is 10.9 Å². The molecule has 1 aromatic carbocycles. The summed E-state index contributed by atoms with van der Waals surface area (Å²) in [5, 5.41) is 5.34. The van der Waals surface area contributed by atoms with Crippen LogP contribution in [0.4, 0.5) is 0 Å². The second-order valence-electron chi connectivity index (χ2n) is 4.79. The van der Waals surface area contributed by atoms with Gasteiger partial charge in [0.1, 0.15) is 5.56 Å². The van der Waals surface area contributed by atoms with Crippen molar-refractivity contribution < 1.29 is 4.79 Å². The van der Waals surface area contributed by atoms with Gasteiger partial charge in [-0.2, -0.15) is 0 Å². The van der Waals surface area contributed by atoms with E-state index in [2.05, 4.69) is 10.3 Å². The van der Waals surface area contributed by atoms with Gasteiger partial charge in [0.15, 0.2) is 0 Å². The second-order valence-corrected chi connectivity index (χ2v) is 5.77. The van der Waals surface area contributed by atoms with Gasteiger partial charge in [-0.15, -0.1) is 11.3 Å². The van der Waals surface area contributed by atoms with Gasteiger partial charge in [0.05, 0.1) is 6.04 Å². The third-order valence-corrected chi connectivity index (χ3v) is 4.41. The Kier molecular flexibility index (Phi) is 3.58. The maximum Gasteiger partial charge on any atom is 0.257 e. The Hall–Kier alpha value is -2.40. The topological polar surface area (TPSA) is 62.0 Å². The predicted octanol–water partition coefficient (Wildman–Crippen LogP) is 3.08. The molecule has 5 heteroatoms. The number of fused-ring (bicyclic) bond motifs is 1. The third kappa shape index (κ3) is 2.60. The lowest BCUT2D eigenvalue weighted by atomic mass is 10.1. The molecule has 1 atom stereocenters. The van der Waals surface area contributed by atoms with Crippen LogP contribution in [0.15, 0.2) is 52.8 Å². The molecule has 0 aliphatic carbocycles. The summed E-state index contributed by atoms with van der Waals surface area (Å²) in [6.07, 6.45) is 1.47. The van der Waals surface area contributed by atoms with E-state index in [0.717, 1.165) is 10.4 Å². The van der Waals surface area contributed by atoms with Gasteiger partial charge in [0.25, 0.3) is 5.91 Å². The number of aromatic nitrogens is 1. The van der Waals surface area contributed by atoms with Crippen molar-refractivity contribution in [1.82, 2.24) is 10.3 Å². The molecule has 0 bridgehead atoms. The normalized spacial score (nSPS) is 12.2. The molecule has 4 nitrogen and oxygen atoms in total. The molecule has 0 spiro atoms. The number of amides is 1. The van der Waals surface area contributed by atoms with Crippen LogP contribution in [0.5, 0.6) is 0 Å². The molecule has 0 unspecified atom stereocenters. The van der Waals surface area contributed by atoms with Crippen molar-refractivity contribution in [2.24, 2.45) is 0 Å². The van der Waals surface area contributed by atoms with E-state index >= 15 is 0 Å². The van der Waals surface area contributed by atoms with Crippen LogP contribution in [0, 0.1) is 0 Å². The highest BCUT2D eigenvalue weighted by Gasteiger charge is 2.16. The Morgan fingerprint density at radius 3 is 2.81 bits per heavy atom. The van der Waals surface area contributed by atoms with Gasteiger partial charge in [-0.05, 0) is 30.5 Å². The molecule has 2 aromatic heterocycles. The van der Waals surface area contributed by atoms with Crippen LogP contribution in [0.2, 0.25) is 0 Å². The van der Waals surface area contributed by atoms with Gasteiger partial charge in [0, 0.05) is 22.0 Å². The van der Waals surface area contributed by atoms with Gasteiger partial charge in [-0.25, -0.2) is 0 Å². The highest BCUT2D eigenvalue weighted by atomic mass is 32.1.